The van der Waals surface area contributed by atoms with Crippen molar-refractivity contribution in [3.63, 3.8) is 0 Å². The number of benzene rings is 2. The minimum absolute atomic E-state index is 0.00672. The van der Waals surface area contributed by atoms with Crippen LogP contribution < -0.4 is 9.47 Å². The molecule has 1 amide bonds. The van der Waals surface area contributed by atoms with Gasteiger partial charge in [-0.05, 0) is 42.8 Å². The van der Waals surface area contributed by atoms with Crippen LogP contribution in [0.25, 0.3) is 0 Å². The third kappa shape index (κ3) is 2.67. The summed E-state index contributed by atoms with van der Waals surface area (Å²) >= 11 is 0. The van der Waals surface area contributed by atoms with Crippen molar-refractivity contribution in [2.45, 2.75) is 19.5 Å². The largest absolute Gasteiger partial charge is 0.454 e. The Labute approximate surface area is 157 Å². The molecule has 2 aliphatic rings. The van der Waals surface area contributed by atoms with Crippen molar-refractivity contribution >= 4 is 5.91 Å². The number of ether oxygens (including phenoxy) is 2. The summed E-state index contributed by atoms with van der Waals surface area (Å²) in [7, 11) is 0. The summed E-state index contributed by atoms with van der Waals surface area (Å²) in [4.78, 5) is 15.4. The monoisotopic (exact) mass is 360 g/mol. The van der Waals surface area contributed by atoms with Gasteiger partial charge >= 0.3 is 0 Å². The molecule has 3 aromatic rings. The van der Waals surface area contributed by atoms with E-state index < -0.39 is 0 Å². The number of fused-ring (bicyclic) bond motifs is 2. The van der Waals surface area contributed by atoms with E-state index in [1.54, 1.807) is 6.07 Å². The van der Waals surface area contributed by atoms with Crippen molar-refractivity contribution in [2.24, 2.45) is 0 Å². The van der Waals surface area contributed by atoms with Crippen molar-refractivity contribution < 1.29 is 14.3 Å². The van der Waals surface area contributed by atoms with Gasteiger partial charge in [0.1, 0.15) is 0 Å². The van der Waals surface area contributed by atoms with E-state index in [2.05, 4.69) is 48.0 Å². The minimum Gasteiger partial charge on any atom is -0.454 e. The van der Waals surface area contributed by atoms with E-state index in [1.165, 1.54) is 5.56 Å². The van der Waals surface area contributed by atoms with E-state index in [-0.39, 0.29) is 18.7 Å². The second kappa shape index (κ2) is 6.20. The highest BCUT2D eigenvalue weighted by atomic mass is 16.7. The lowest BCUT2D eigenvalue weighted by Gasteiger charge is -2.37. The second-order valence-electron chi connectivity index (χ2n) is 7.01. The molecule has 5 nitrogen and oxygen atoms in total. The molecule has 1 aromatic heterocycles. The third-order valence-corrected chi connectivity index (χ3v) is 5.28. The third-order valence-electron chi connectivity index (χ3n) is 5.28. The first-order valence-electron chi connectivity index (χ1n) is 9.13. The number of aromatic nitrogens is 1. The van der Waals surface area contributed by atoms with Crippen LogP contribution in [0, 0.1) is 6.92 Å². The predicted octanol–water partition coefficient (Wildman–Crippen LogP) is 3.77. The fourth-order valence-electron chi connectivity index (χ4n) is 3.99. The average molecular weight is 360 g/mol. The van der Waals surface area contributed by atoms with Gasteiger partial charge in [-0.15, -0.1) is 0 Å². The Kier molecular flexibility index (Phi) is 3.67. The molecule has 0 N–H and O–H groups in total. The molecule has 1 unspecified atom stereocenters. The normalized spacial score (nSPS) is 17.7. The molecule has 3 heterocycles. The van der Waals surface area contributed by atoms with Crippen molar-refractivity contribution in [2.75, 3.05) is 13.3 Å². The SMILES string of the molecule is Cc1cccc(C2c3cccn3CCN2C(=O)c2ccc3c(c2)OCO3)c1. The van der Waals surface area contributed by atoms with Gasteiger partial charge < -0.3 is 18.9 Å². The number of hydrogen-bond donors (Lipinski definition) is 0. The first-order valence-corrected chi connectivity index (χ1v) is 9.13. The number of carbonyl (C=O) groups is 1. The van der Waals surface area contributed by atoms with Crippen molar-refractivity contribution in [1.29, 1.82) is 0 Å². The van der Waals surface area contributed by atoms with Gasteiger partial charge in [0, 0.05) is 30.5 Å². The molecule has 0 radical (unpaired) electrons. The molecule has 0 aliphatic carbocycles. The summed E-state index contributed by atoms with van der Waals surface area (Å²) in [6.45, 7) is 3.74. The number of rotatable bonds is 2. The summed E-state index contributed by atoms with van der Waals surface area (Å²) in [5, 5.41) is 0. The molecule has 2 aromatic carbocycles. The lowest BCUT2D eigenvalue weighted by molar-refractivity contribution is 0.0663. The number of aryl methyl sites for hydroxylation is 1. The molecule has 2 aliphatic heterocycles. The van der Waals surface area contributed by atoms with Crippen LogP contribution in [0.4, 0.5) is 0 Å². The van der Waals surface area contributed by atoms with Gasteiger partial charge in [0.2, 0.25) is 6.79 Å². The van der Waals surface area contributed by atoms with Crippen molar-refractivity contribution in [1.82, 2.24) is 9.47 Å². The zero-order valence-electron chi connectivity index (χ0n) is 15.1. The Morgan fingerprint density at radius 3 is 2.78 bits per heavy atom. The number of amides is 1. The highest BCUT2D eigenvalue weighted by molar-refractivity contribution is 5.95. The van der Waals surface area contributed by atoms with Crippen LogP contribution in [0.15, 0.2) is 60.8 Å². The molecule has 0 saturated carbocycles. The minimum atomic E-state index is -0.105. The first kappa shape index (κ1) is 16.0. The standard InChI is InChI=1S/C22H20N2O3/c1-15-4-2-5-16(12-15)21-18-6-3-9-23(18)10-11-24(21)22(25)17-7-8-19-20(13-17)27-14-26-19/h2-9,12-13,21H,10-11,14H2,1H3. The van der Waals surface area contributed by atoms with Gasteiger partial charge in [-0.25, -0.2) is 0 Å². The summed E-state index contributed by atoms with van der Waals surface area (Å²) in [5.74, 6) is 1.33. The Morgan fingerprint density at radius 1 is 1.00 bits per heavy atom. The highest BCUT2D eigenvalue weighted by Gasteiger charge is 2.33. The van der Waals surface area contributed by atoms with Gasteiger partial charge in [0.25, 0.3) is 5.91 Å². The lowest BCUT2D eigenvalue weighted by atomic mass is 9.97. The van der Waals surface area contributed by atoms with E-state index in [0.29, 0.717) is 23.6 Å². The molecular formula is C22H20N2O3. The van der Waals surface area contributed by atoms with Crippen LogP contribution in [0.2, 0.25) is 0 Å². The molecule has 27 heavy (non-hydrogen) atoms. The number of carbonyl (C=O) groups excluding carboxylic acids is 1. The molecule has 5 heteroatoms. The summed E-state index contributed by atoms with van der Waals surface area (Å²) < 4.78 is 13.1. The maximum absolute atomic E-state index is 13.4. The molecule has 136 valence electrons. The average Bonchev–Trinajstić information content (AvgIpc) is 3.34. The lowest BCUT2D eigenvalue weighted by Crippen LogP contribution is -2.42. The van der Waals surface area contributed by atoms with Crippen molar-refractivity contribution in [3.8, 4) is 11.5 Å². The predicted molar refractivity (Wildman–Crippen MR) is 101 cm³/mol. The van der Waals surface area contributed by atoms with Crippen LogP contribution in [-0.2, 0) is 6.54 Å². The molecule has 0 bridgehead atoms. The van der Waals surface area contributed by atoms with Gasteiger partial charge in [0.15, 0.2) is 11.5 Å². The molecule has 5 rings (SSSR count). The van der Waals surface area contributed by atoms with Crippen LogP contribution >= 0.6 is 0 Å². The van der Waals surface area contributed by atoms with Gasteiger partial charge in [-0.2, -0.15) is 0 Å². The molecule has 0 saturated heterocycles. The van der Waals surface area contributed by atoms with Crippen LogP contribution in [0.5, 0.6) is 11.5 Å². The van der Waals surface area contributed by atoms with E-state index in [9.17, 15) is 4.79 Å². The molecule has 0 fully saturated rings. The fraction of sp³-hybridized carbons (Fsp3) is 0.227. The van der Waals surface area contributed by atoms with Crippen molar-refractivity contribution in [3.05, 3.63) is 83.2 Å². The smallest absolute Gasteiger partial charge is 0.254 e. The Hall–Kier alpha value is -3.21. The van der Waals surface area contributed by atoms with Gasteiger partial charge in [-0.1, -0.05) is 29.8 Å². The summed E-state index contributed by atoms with van der Waals surface area (Å²) in [6, 6.07) is 17.8. The van der Waals surface area contributed by atoms with E-state index >= 15 is 0 Å². The highest BCUT2D eigenvalue weighted by Crippen LogP contribution is 2.36. The Balaban J connectivity index is 1.56. The molecule has 1 atom stereocenters. The van der Waals surface area contributed by atoms with Gasteiger partial charge in [0.05, 0.1) is 6.04 Å². The van der Waals surface area contributed by atoms with Crippen LogP contribution in [-0.4, -0.2) is 28.7 Å². The molecular weight excluding hydrogens is 340 g/mol. The van der Waals surface area contributed by atoms with E-state index in [4.69, 9.17) is 9.47 Å². The number of nitrogens with zero attached hydrogens (tertiary/aromatic N) is 2. The molecule has 0 spiro atoms. The van der Waals surface area contributed by atoms with Gasteiger partial charge in [-0.3, -0.25) is 4.79 Å². The second-order valence-corrected chi connectivity index (χ2v) is 7.01. The fourth-order valence-corrected chi connectivity index (χ4v) is 3.99. The van der Waals surface area contributed by atoms with E-state index in [1.807, 2.05) is 23.1 Å². The summed E-state index contributed by atoms with van der Waals surface area (Å²) in [6.07, 6.45) is 2.08. The Bertz CT molecular complexity index is 1020. The quantitative estimate of drug-likeness (QED) is 0.699. The number of hydrogen-bond acceptors (Lipinski definition) is 3. The summed E-state index contributed by atoms with van der Waals surface area (Å²) in [5.41, 5.74) is 4.08. The maximum atomic E-state index is 13.4. The van der Waals surface area contributed by atoms with E-state index in [0.717, 1.165) is 17.8 Å². The first-order chi connectivity index (χ1) is 13.2. The topological polar surface area (TPSA) is 43.7 Å². The zero-order valence-corrected chi connectivity index (χ0v) is 15.1. The Morgan fingerprint density at radius 2 is 1.89 bits per heavy atom. The van der Waals surface area contributed by atoms with Crippen LogP contribution in [0.1, 0.15) is 33.2 Å². The van der Waals surface area contributed by atoms with Crippen LogP contribution in [0.3, 0.4) is 0 Å². The zero-order chi connectivity index (χ0) is 18.4. The maximum Gasteiger partial charge on any atom is 0.254 e.